The summed E-state index contributed by atoms with van der Waals surface area (Å²) in [6, 6.07) is 19.0. The maximum absolute atomic E-state index is 12.6. The van der Waals surface area contributed by atoms with Crippen molar-refractivity contribution in [3.63, 3.8) is 0 Å². The molecule has 3 unspecified atom stereocenters. The molecular formula is C29H28ClF3N2O7. The molecule has 13 heteroatoms. The number of benzene rings is 2. The quantitative estimate of drug-likeness (QED) is 0.225. The summed E-state index contributed by atoms with van der Waals surface area (Å²) in [5, 5.41) is 28.9. The van der Waals surface area contributed by atoms with Crippen LogP contribution in [0.1, 0.15) is 36.8 Å². The standard InChI is InChI=1S/C27H27ClN2O5.C2HF3O2/c1-17(30-25(31)14-22(27(34)35)15-26(32)33)24(13-18-4-10-23(28)11-5-18)20-8-6-19(7-9-20)21-3-2-12-29-16-21;3-2(4,5)1(6)7/h2-12,16-17,22,24H,13-15H2,1H3,(H,30,31)(H,32,33)(H,34,35);(H,6,7). The average Bonchev–Trinajstić information content (AvgIpc) is 2.92. The van der Waals surface area contributed by atoms with Crippen LogP contribution in [-0.4, -0.2) is 56.3 Å². The lowest BCUT2D eigenvalue weighted by Crippen LogP contribution is -2.39. The number of alkyl halides is 3. The molecule has 3 atom stereocenters. The maximum Gasteiger partial charge on any atom is 0.490 e. The molecule has 3 aromatic rings. The van der Waals surface area contributed by atoms with Crippen LogP contribution in [0.3, 0.4) is 0 Å². The van der Waals surface area contributed by atoms with Gasteiger partial charge in [0.05, 0.1) is 12.3 Å². The predicted molar refractivity (Wildman–Crippen MR) is 147 cm³/mol. The second-order valence-corrected chi connectivity index (χ2v) is 9.73. The maximum atomic E-state index is 12.6. The monoisotopic (exact) mass is 608 g/mol. The summed E-state index contributed by atoms with van der Waals surface area (Å²) in [7, 11) is 0. The number of nitrogens with zero attached hydrogens (tertiary/aromatic N) is 1. The van der Waals surface area contributed by atoms with Gasteiger partial charge in [-0.1, -0.05) is 54.1 Å². The van der Waals surface area contributed by atoms with Gasteiger partial charge in [0.2, 0.25) is 5.91 Å². The van der Waals surface area contributed by atoms with Gasteiger partial charge in [-0.25, -0.2) is 4.79 Å². The van der Waals surface area contributed by atoms with Crippen LogP contribution < -0.4 is 5.32 Å². The molecule has 1 amide bonds. The predicted octanol–water partition coefficient (Wildman–Crippen LogP) is 5.43. The highest BCUT2D eigenvalue weighted by molar-refractivity contribution is 6.30. The largest absolute Gasteiger partial charge is 0.490 e. The van der Waals surface area contributed by atoms with E-state index in [2.05, 4.69) is 10.3 Å². The summed E-state index contributed by atoms with van der Waals surface area (Å²) in [6.45, 7) is 1.86. The number of amides is 1. The molecule has 224 valence electrons. The van der Waals surface area contributed by atoms with Gasteiger partial charge < -0.3 is 20.6 Å². The van der Waals surface area contributed by atoms with Crippen LogP contribution in [0.5, 0.6) is 0 Å². The Kier molecular flexibility index (Phi) is 12.5. The van der Waals surface area contributed by atoms with E-state index in [9.17, 15) is 32.7 Å². The number of rotatable bonds is 11. The van der Waals surface area contributed by atoms with Crippen molar-refractivity contribution in [2.24, 2.45) is 5.92 Å². The third kappa shape index (κ3) is 11.2. The van der Waals surface area contributed by atoms with E-state index in [-0.39, 0.29) is 12.0 Å². The number of pyridine rings is 1. The fourth-order valence-corrected chi connectivity index (χ4v) is 4.13. The highest BCUT2D eigenvalue weighted by Gasteiger charge is 2.38. The lowest BCUT2D eigenvalue weighted by atomic mass is 9.85. The van der Waals surface area contributed by atoms with Crippen LogP contribution in [0, 0.1) is 5.92 Å². The zero-order valence-corrected chi connectivity index (χ0v) is 23.0. The van der Waals surface area contributed by atoms with Gasteiger partial charge in [-0.15, -0.1) is 0 Å². The minimum Gasteiger partial charge on any atom is -0.481 e. The number of hydrogen-bond acceptors (Lipinski definition) is 5. The van der Waals surface area contributed by atoms with E-state index < -0.39 is 48.8 Å². The zero-order valence-electron chi connectivity index (χ0n) is 22.2. The Balaban J connectivity index is 0.000000782. The Labute approximate surface area is 244 Å². The molecule has 0 spiro atoms. The molecule has 0 radical (unpaired) electrons. The summed E-state index contributed by atoms with van der Waals surface area (Å²) >= 11 is 6.03. The van der Waals surface area contributed by atoms with Gasteiger partial charge in [0.15, 0.2) is 0 Å². The van der Waals surface area contributed by atoms with Crippen LogP contribution in [0.4, 0.5) is 13.2 Å². The van der Waals surface area contributed by atoms with Gasteiger partial charge in [0.25, 0.3) is 0 Å². The first kappa shape index (κ1) is 33.8. The van der Waals surface area contributed by atoms with E-state index in [0.29, 0.717) is 11.4 Å². The van der Waals surface area contributed by atoms with Crippen molar-refractivity contribution in [1.82, 2.24) is 10.3 Å². The number of aromatic nitrogens is 1. The van der Waals surface area contributed by atoms with Crippen molar-refractivity contribution in [2.75, 3.05) is 0 Å². The lowest BCUT2D eigenvalue weighted by molar-refractivity contribution is -0.192. The number of carbonyl (C=O) groups is 4. The van der Waals surface area contributed by atoms with Crippen molar-refractivity contribution in [3.8, 4) is 11.1 Å². The zero-order chi connectivity index (χ0) is 31.4. The van der Waals surface area contributed by atoms with Crippen LogP contribution >= 0.6 is 11.6 Å². The minimum atomic E-state index is -5.08. The molecule has 42 heavy (non-hydrogen) atoms. The number of halogens is 4. The molecule has 0 saturated carbocycles. The topological polar surface area (TPSA) is 154 Å². The van der Waals surface area contributed by atoms with Gasteiger partial charge in [0.1, 0.15) is 0 Å². The van der Waals surface area contributed by atoms with E-state index in [4.69, 9.17) is 26.6 Å². The molecule has 0 saturated heterocycles. The normalized spacial score (nSPS) is 13.1. The Morgan fingerprint density at radius 1 is 0.905 bits per heavy atom. The first-order valence-corrected chi connectivity index (χ1v) is 12.8. The number of carboxylic acids is 3. The van der Waals surface area contributed by atoms with Crippen LogP contribution in [-0.2, 0) is 25.6 Å². The molecule has 0 bridgehead atoms. The molecule has 9 nitrogen and oxygen atoms in total. The Bertz CT molecular complexity index is 1350. The summed E-state index contributed by atoms with van der Waals surface area (Å²) in [6.07, 6.45) is -1.97. The SMILES string of the molecule is CC(NC(=O)CC(CC(=O)O)C(=O)O)C(Cc1ccc(Cl)cc1)c1ccc(-c2cccnc2)cc1.O=C(O)C(F)(F)F. The van der Waals surface area contributed by atoms with E-state index in [1.165, 1.54) is 0 Å². The van der Waals surface area contributed by atoms with Gasteiger partial charge in [-0.2, -0.15) is 13.2 Å². The first-order chi connectivity index (χ1) is 19.7. The summed E-state index contributed by atoms with van der Waals surface area (Å²) in [5.74, 6) is -7.22. The third-order valence-electron chi connectivity index (χ3n) is 6.14. The highest BCUT2D eigenvalue weighted by Crippen LogP contribution is 2.28. The Morgan fingerprint density at radius 2 is 1.50 bits per heavy atom. The minimum absolute atomic E-state index is 0.120. The summed E-state index contributed by atoms with van der Waals surface area (Å²) < 4.78 is 31.7. The van der Waals surface area contributed by atoms with Crippen LogP contribution in [0.15, 0.2) is 73.1 Å². The van der Waals surface area contributed by atoms with Gasteiger partial charge in [-0.05, 0) is 53.8 Å². The van der Waals surface area contributed by atoms with Gasteiger partial charge in [0, 0.05) is 35.8 Å². The summed E-state index contributed by atoms with van der Waals surface area (Å²) in [4.78, 5) is 48.0. The molecule has 1 aromatic heterocycles. The lowest BCUT2D eigenvalue weighted by Gasteiger charge is -2.26. The number of hydrogen-bond donors (Lipinski definition) is 4. The average molecular weight is 609 g/mol. The molecule has 3 rings (SSSR count). The molecule has 1 heterocycles. The van der Waals surface area contributed by atoms with E-state index >= 15 is 0 Å². The smallest absolute Gasteiger partial charge is 0.481 e. The molecule has 2 aromatic carbocycles. The number of nitrogens with one attached hydrogen (secondary N) is 1. The van der Waals surface area contributed by atoms with Crippen LogP contribution in [0.2, 0.25) is 5.02 Å². The first-order valence-electron chi connectivity index (χ1n) is 12.5. The Morgan fingerprint density at radius 3 is 1.98 bits per heavy atom. The fourth-order valence-electron chi connectivity index (χ4n) is 4.01. The van der Waals surface area contributed by atoms with E-state index in [0.717, 1.165) is 22.3 Å². The molecular weight excluding hydrogens is 581 g/mol. The molecule has 0 aliphatic rings. The number of carboxylic acid groups (broad SMARTS) is 3. The second kappa shape index (κ2) is 15.5. The van der Waals surface area contributed by atoms with Crippen molar-refractivity contribution in [2.45, 2.75) is 44.3 Å². The number of aliphatic carboxylic acids is 3. The molecule has 4 N–H and O–H groups in total. The molecule has 0 aliphatic heterocycles. The summed E-state index contributed by atoms with van der Waals surface area (Å²) in [5.41, 5.74) is 4.04. The van der Waals surface area contributed by atoms with E-state index in [1.54, 1.807) is 12.4 Å². The van der Waals surface area contributed by atoms with Crippen molar-refractivity contribution >= 4 is 35.4 Å². The van der Waals surface area contributed by atoms with Gasteiger partial charge in [-0.3, -0.25) is 19.4 Å². The van der Waals surface area contributed by atoms with Crippen molar-refractivity contribution in [1.29, 1.82) is 0 Å². The van der Waals surface area contributed by atoms with E-state index in [1.807, 2.05) is 67.6 Å². The Hall–Kier alpha value is -4.45. The molecule has 0 fully saturated rings. The van der Waals surface area contributed by atoms with Crippen molar-refractivity contribution < 1.29 is 47.7 Å². The second-order valence-electron chi connectivity index (χ2n) is 9.30. The number of carbonyl (C=O) groups excluding carboxylic acids is 1. The highest BCUT2D eigenvalue weighted by atomic mass is 35.5. The van der Waals surface area contributed by atoms with Crippen molar-refractivity contribution in [3.05, 3.63) is 89.2 Å². The third-order valence-corrected chi connectivity index (χ3v) is 6.39. The van der Waals surface area contributed by atoms with Crippen LogP contribution in [0.25, 0.3) is 11.1 Å². The molecule has 0 aliphatic carbocycles. The fraction of sp³-hybridized carbons (Fsp3) is 0.276. The van der Waals surface area contributed by atoms with Gasteiger partial charge >= 0.3 is 24.1 Å².